The van der Waals surface area contributed by atoms with Crippen LogP contribution in [0.2, 0.25) is 20.1 Å². The van der Waals surface area contributed by atoms with Crippen LogP contribution >= 0.6 is 46.4 Å². The molecule has 2 nitrogen and oxygen atoms in total. The quantitative estimate of drug-likeness (QED) is 0.290. The fourth-order valence-corrected chi connectivity index (χ4v) is 5.91. The minimum absolute atomic E-state index is 0.668. The van der Waals surface area contributed by atoms with Crippen LogP contribution in [-0.4, -0.2) is 0 Å². The summed E-state index contributed by atoms with van der Waals surface area (Å²) in [6, 6.07) is 27.9. The van der Waals surface area contributed by atoms with Crippen molar-refractivity contribution in [3.8, 4) is 0 Å². The van der Waals surface area contributed by atoms with Crippen LogP contribution < -0.4 is 10.6 Å². The van der Waals surface area contributed by atoms with Gasteiger partial charge in [0.25, 0.3) is 0 Å². The Hall–Kier alpha value is -2.36. The first-order valence-corrected chi connectivity index (χ1v) is 11.6. The molecule has 0 amide bonds. The number of nitrogens with one attached hydrogen (secondary N) is 2. The van der Waals surface area contributed by atoms with E-state index in [1.54, 1.807) is 0 Å². The number of hydrogen-bond donors (Lipinski definition) is 2. The molecule has 0 aromatic heterocycles. The van der Waals surface area contributed by atoms with E-state index in [1.165, 1.54) is 0 Å². The molecule has 32 heavy (non-hydrogen) atoms. The molecule has 4 aromatic rings. The monoisotopic (exact) mass is 496 g/mol. The number of anilines is 2. The molecule has 0 bridgehead atoms. The predicted molar refractivity (Wildman–Crippen MR) is 135 cm³/mol. The minimum Gasteiger partial charge on any atom is -0.369 e. The van der Waals surface area contributed by atoms with E-state index >= 15 is 0 Å². The van der Waals surface area contributed by atoms with Crippen molar-refractivity contribution in [2.24, 2.45) is 0 Å². The Labute approximate surface area is 206 Å². The van der Waals surface area contributed by atoms with Crippen LogP contribution in [0.4, 0.5) is 11.4 Å². The van der Waals surface area contributed by atoms with Crippen LogP contribution in [-0.2, 0) is 11.1 Å². The second-order valence-corrected chi connectivity index (χ2v) is 9.89. The number of benzene rings is 4. The van der Waals surface area contributed by atoms with Gasteiger partial charge in [0.1, 0.15) is 11.1 Å². The molecule has 4 aromatic carbocycles. The fourth-order valence-electron chi connectivity index (χ4n) is 5.31. The Bertz CT molecular complexity index is 1260. The van der Waals surface area contributed by atoms with Gasteiger partial charge in [0.05, 0.1) is 0 Å². The highest BCUT2D eigenvalue weighted by atomic mass is 35.5. The third kappa shape index (κ3) is 2.61. The zero-order valence-electron chi connectivity index (χ0n) is 16.6. The van der Waals surface area contributed by atoms with Crippen molar-refractivity contribution in [3.63, 3.8) is 0 Å². The second-order valence-electron chi connectivity index (χ2n) is 8.14. The van der Waals surface area contributed by atoms with Gasteiger partial charge in [-0.2, -0.15) is 0 Å². The zero-order valence-corrected chi connectivity index (χ0v) is 19.6. The summed E-state index contributed by atoms with van der Waals surface area (Å²) in [5.41, 5.74) is 4.91. The lowest BCUT2D eigenvalue weighted by atomic mass is 9.66. The van der Waals surface area contributed by atoms with Crippen molar-refractivity contribution in [1.29, 1.82) is 0 Å². The summed E-state index contributed by atoms with van der Waals surface area (Å²) < 4.78 is 0. The van der Waals surface area contributed by atoms with E-state index in [-0.39, 0.29) is 0 Å². The molecule has 158 valence electrons. The highest BCUT2D eigenvalue weighted by Crippen LogP contribution is 2.64. The van der Waals surface area contributed by atoms with E-state index in [0.29, 0.717) is 20.1 Å². The SMILES string of the molecule is Clc1ccc([C@]23Nc4cc(Cl)ccc4[C@]2(c2ccc(Cl)cc2)Nc2cc(Cl)ccc23)cc1. The molecule has 0 fully saturated rings. The van der Waals surface area contributed by atoms with E-state index in [0.717, 1.165) is 33.6 Å². The third-order valence-electron chi connectivity index (χ3n) is 6.53. The lowest BCUT2D eigenvalue weighted by Gasteiger charge is -2.42. The first-order chi connectivity index (χ1) is 15.4. The molecule has 6 rings (SSSR count). The Balaban J connectivity index is 1.76. The van der Waals surface area contributed by atoms with E-state index in [9.17, 15) is 0 Å². The lowest BCUT2D eigenvalue weighted by Crippen LogP contribution is -2.51. The van der Waals surface area contributed by atoms with Gasteiger partial charge in [-0.25, -0.2) is 0 Å². The molecular weight excluding hydrogens is 482 g/mol. The summed E-state index contributed by atoms with van der Waals surface area (Å²) >= 11 is 25.4. The maximum atomic E-state index is 6.41. The van der Waals surface area contributed by atoms with Crippen LogP contribution in [0.25, 0.3) is 0 Å². The summed E-state index contributed by atoms with van der Waals surface area (Å²) in [5, 5.41) is 10.4. The van der Waals surface area contributed by atoms with Crippen LogP contribution in [0.15, 0.2) is 84.9 Å². The maximum absolute atomic E-state index is 6.41. The maximum Gasteiger partial charge on any atom is 0.122 e. The van der Waals surface area contributed by atoms with Crippen LogP contribution in [0.3, 0.4) is 0 Å². The molecule has 0 radical (unpaired) electrons. The van der Waals surface area contributed by atoms with Gasteiger partial charge in [-0.15, -0.1) is 0 Å². The Morgan fingerprint density at radius 3 is 1.16 bits per heavy atom. The topological polar surface area (TPSA) is 24.1 Å². The molecule has 2 aliphatic heterocycles. The standard InChI is InChI=1S/C26H16Cl4N2/c27-17-5-1-15(2-6-17)25-21-11-9-19(29)13-23(21)32-26(25,16-3-7-18(28)8-4-16)22-12-10-20(30)14-24(22)31-25/h1-14,31-32H/t25-,26+. The Kier molecular flexibility index (Phi) is 4.48. The zero-order chi connectivity index (χ0) is 22.1. The third-order valence-corrected chi connectivity index (χ3v) is 7.51. The first kappa shape index (κ1) is 20.3. The molecular formula is C26H16Cl4N2. The van der Waals surface area contributed by atoms with E-state index in [2.05, 4.69) is 47.0 Å². The molecule has 0 unspecified atom stereocenters. The summed E-state index contributed by atoms with van der Waals surface area (Å²) in [7, 11) is 0. The van der Waals surface area contributed by atoms with Gasteiger partial charge < -0.3 is 10.6 Å². The molecule has 6 heteroatoms. The Morgan fingerprint density at radius 1 is 0.438 bits per heavy atom. The number of fused-ring (bicyclic) bond motifs is 5. The second kappa shape index (κ2) is 7.07. The fraction of sp³-hybridized carbons (Fsp3) is 0.0769. The molecule has 2 heterocycles. The van der Waals surface area contributed by atoms with Gasteiger partial charge in [-0.1, -0.05) is 82.8 Å². The molecule has 0 saturated carbocycles. The summed E-state index contributed by atoms with van der Waals surface area (Å²) in [5.74, 6) is 0. The van der Waals surface area contributed by atoms with Gasteiger partial charge >= 0.3 is 0 Å². The van der Waals surface area contributed by atoms with Gasteiger partial charge in [0, 0.05) is 42.6 Å². The molecule has 0 aliphatic carbocycles. The van der Waals surface area contributed by atoms with Gasteiger partial charge in [0.2, 0.25) is 0 Å². The van der Waals surface area contributed by atoms with Gasteiger partial charge in [0.15, 0.2) is 0 Å². The lowest BCUT2D eigenvalue weighted by molar-refractivity contribution is 0.439. The minimum atomic E-state index is -0.668. The molecule has 0 saturated heterocycles. The van der Waals surface area contributed by atoms with Crippen LogP contribution in [0, 0.1) is 0 Å². The van der Waals surface area contributed by atoms with E-state index in [4.69, 9.17) is 46.4 Å². The van der Waals surface area contributed by atoms with Crippen molar-refractivity contribution < 1.29 is 0 Å². The average molecular weight is 498 g/mol. The molecule has 2 atom stereocenters. The summed E-state index contributed by atoms with van der Waals surface area (Å²) in [6.07, 6.45) is 0. The first-order valence-electron chi connectivity index (χ1n) is 10.1. The van der Waals surface area contributed by atoms with Crippen molar-refractivity contribution in [3.05, 3.63) is 127 Å². The van der Waals surface area contributed by atoms with Crippen molar-refractivity contribution >= 4 is 57.8 Å². The number of rotatable bonds is 2. The van der Waals surface area contributed by atoms with Gasteiger partial charge in [-0.05, 0) is 59.7 Å². The predicted octanol–water partition coefficient (Wildman–Crippen LogP) is 8.34. The highest BCUT2D eigenvalue weighted by Gasteiger charge is 2.65. The molecule has 2 N–H and O–H groups in total. The largest absolute Gasteiger partial charge is 0.369 e. The summed E-state index contributed by atoms with van der Waals surface area (Å²) in [6.45, 7) is 0. The van der Waals surface area contributed by atoms with Crippen molar-refractivity contribution in [2.75, 3.05) is 10.6 Å². The van der Waals surface area contributed by atoms with Crippen LogP contribution in [0.1, 0.15) is 22.3 Å². The Morgan fingerprint density at radius 2 is 0.781 bits per heavy atom. The number of halogens is 4. The smallest absolute Gasteiger partial charge is 0.122 e. The normalized spacial score (nSPS) is 22.5. The van der Waals surface area contributed by atoms with Crippen molar-refractivity contribution in [1.82, 2.24) is 0 Å². The molecule has 2 aliphatic rings. The van der Waals surface area contributed by atoms with Crippen molar-refractivity contribution in [2.45, 2.75) is 11.1 Å². The van der Waals surface area contributed by atoms with E-state index in [1.807, 2.05) is 48.5 Å². The number of hydrogen-bond acceptors (Lipinski definition) is 2. The highest BCUT2D eigenvalue weighted by molar-refractivity contribution is 6.31. The van der Waals surface area contributed by atoms with Gasteiger partial charge in [-0.3, -0.25) is 0 Å². The average Bonchev–Trinajstić information content (AvgIpc) is 3.21. The molecule has 0 spiro atoms. The van der Waals surface area contributed by atoms with E-state index < -0.39 is 11.1 Å². The van der Waals surface area contributed by atoms with Crippen LogP contribution in [0.5, 0.6) is 0 Å². The summed E-state index contributed by atoms with van der Waals surface area (Å²) in [4.78, 5) is 0.